The molecule has 3 unspecified atom stereocenters. The van der Waals surface area contributed by atoms with Crippen LogP contribution in [0.5, 0.6) is 0 Å². The van der Waals surface area contributed by atoms with Gasteiger partial charge in [-0.15, -0.1) is 0 Å². The van der Waals surface area contributed by atoms with E-state index in [9.17, 15) is 4.79 Å². The van der Waals surface area contributed by atoms with Gasteiger partial charge in [-0.25, -0.2) is 0 Å². The summed E-state index contributed by atoms with van der Waals surface area (Å²) in [6, 6.07) is 0. The van der Waals surface area contributed by atoms with Gasteiger partial charge in [0, 0.05) is 18.4 Å². The second-order valence-electron chi connectivity index (χ2n) is 7.61. The number of hydrogen-bond acceptors (Lipinski definition) is 2. The van der Waals surface area contributed by atoms with Crippen LogP contribution in [0.15, 0.2) is 0 Å². The van der Waals surface area contributed by atoms with E-state index in [2.05, 4.69) is 0 Å². The Balaban J connectivity index is 1.41. The summed E-state index contributed by atoms with van der Waals surface area (Å²) in [5.41, 5.74) is 0.0956. The number of hydrogen-bond donors (Lipinski definition) is 0. The van der Waals surface area contributed by atoms with Crippen molar-refractivity contribution in [1.29, 1.82) is 0 Å². The molecule has 0 amide bonds. The van der Waals surface area contributed by atoms with E-state index in [1.807, 2.05) is 0 Å². The Morgan fingerprint density at radius 3 is 2.42 bits per heavy atom. The molecule has 3 saturated carbocycles. The van der Waals surface area contributed by atoms with Crippen molar-refractivity contribution in [1.82, 2.24) is 0 Å². The van der Waals surface area contributed by atoms with Gasteiger partial charge in [-0.05, 0) is 56.8 Å². The normalized spacial score (nSPS) is 44.0. The number of ketones is 1. The van der Waals surface area contributed by atoms with Gasteiger partial charge in [-0.2, -0.15) is 0 Å². The summed E-state index contributed by atoms with van der Waals surface area (Å²) in [5, 5.41) is 0. The molecule has 4 rings (SSSR count). The lowest BCUT2D eigenvalue weighted by atomic mass is 9.73. The van der Waals surface area contributed by atoms with Gasteiger partial charge in [0.15, 0.2) is 0 Å². The number of Topliss-reactive ketones (excluding diaryl/α,β-unsaturated/α-hetero) is 1. The first-order valence-electron chi connectivity index (χ1n) is 8.43. The fourth-order valence-corrected chi connectivity index (χ4v) is 5.10. The summed E-state index contributed by atoms with van der Waals surface area (Å²) in [7, 11) is 0. The van der Waals surface area contributed by atoms with Crippen LogP contribution in [0.3, 0.4) is 0 Å². The van der Waals surface area contributed by atoms with Gasteiger partial charge in [0.05, 0.1) is 5.60 Å². The molecule has 4 aliphatic rings. The lowest BCUT2D eigenvalue weighted by Crippen LogP contribution is -2.44. The summed E-state index contributed by atoms with van der Waals surface area (Å²) in [4.78, 5) is 12.7. The maximum atomic E-state index is 12.7. The Morgan fingerprint density at radius 2 is 1.68 bits per heavy atom. The highest BCUT2D eigenvalue weighted by molar-refractivity contribution is 5.84. The summed E-state index contributed by atoms with van der Waals surface area (Å²) >= 11 is 0. The average Bonchev–Trinajstić information content (AvgIpc) is 3.05. The lowest BCUT2D eigenvalue weighted by molar-refractivity contribution is -0.146. The monoisotopic (exact) mass is 262 g/mol. The predicted molar refractivity (Wildman–Crippen MR) is 73.8 cm³/mol. The van der Waals surface area contributed by atoms with Crippen molar-refractivity contribution < 1.29 is 9.53 Å². The van der Waals surface area contributed by atoms with Crippen molar-refractivity contribution in [2.45, 2.75) is 69.8 Å². The van der Waals surface area contributed by atoms with Crippen LogP contribution in [0, 0.1) is 23.7 Å². The third-order valence-corrected chi connectivity index (χ3v) is 6.31. The molecular weight excluding hydrogens is 236 g/mol. The van der Waals surface area contributed by atoms with E-state index in [0.717, 1.165) is 31.3 Å². The second-order valence-corrected chi connectivity index (χ2v) is 7.61. The van der Waals surface area contributed by atoms with Gasteiger partial charge >= 0.3 is 0 Å². The average molecular weight is 262 g/mol. The SMILES string of the molecule is O=C(C1CC2CC2C1)C1CCOC2(CCCCC2)C1. The highest BCUT2D eigenvalue weighted by Crippen LogP contribution is 2.55. The molecule has 4 fully saturated rings. The molecule has 3 aliphatic carbocycles. The van der Waals surface area contributed by atoms with E-state index in [0.29, 0.717) is 17.6 Å². The van der Waals surface area contributed by atoms with Crippen LogP contribution >= 0.6 is 0 Å². The zero-order chi connectivity index (χ0) is 12.9. The number of carbonyl (C=O) groups is 1. The van der Waals surface area contributed by atoms with Crippen molar-refractivity contribution >= 4 is 5.78 Å². The van der Waals surface area contributed by atoms with Gasteiger partial charge < -0.3 is 4.74 Å². The van der Waals surface area contributed by atoms with Gasteiger partial charge in [0.25, 0.3) is 0 Å². The quantitative estimate of drug-likeness (QED) is 0.758. The lowest BCUT2D eigenvalue weighted by Gasteiger charge is -2.43. The van der Waals surface area contributed by atoms with Gasteiger partial charge in [-0.3, -0.25) is 4.79 Å². The molecule has 0 radical (unpaired) electrons. The minimum Gasteiger partial charge on any atom is -0.375 e. The van der Waals surface area contributed by atoms with Crippen LogP contribution in [0.1, 0.15) is 64.2 Å². The Kier molecular flexibility index (Phi) is 2.98. The molecule has 1 spiro atoms. The second kappa shape index (κ2) is 4.58. The minimum absolute atomic E-state index is 0.0956. The summed E-state index contributed by atoms with van der Waals surface area (Å²) in [6.45, 7) is 0.829. The van der Waals surface area contributed by atoms with Gasteiger partial charge in [0.1, 0.15) is 5.78 Å². The molecule has 2 heteroatoms. The van der Waals surface area contributed by atoms with E-state index < -0.39 is 0 Å². The summed E-state index contributed by atoms with van der Waals surface area (Å²) < 4.78 is 6.13. The van der Waals surface area contributed by atoms with Crippen LogP contribution < -0.4 is 0 Å². The largest absolute Gasteiger partial charge is 0.375 e. The van der Waals surface area contributed by atoms with Crippen LogP contribution in [-0.2, 0) is 9.53 Å². The van der Waals surface area contributed by atoms with E-state index in [1.165, 1.54) is 51.4 Å². The molecule has 3 atom stereocenters. The molecule has 0 aromatic heterocycles. The fraction of sp³-hybridized carbons (Fsp3) is 0.941. The topological polar surface area (TPSA) is 26.3 Å². The zero-order valence-corrected chi connectivity index (χ0v) is 11.9. The van der Waals surface area contributed by atoms with E-state index >= 15 is 0 Å². The molecule has 106 valence electrons. The molecule has 0 N–H and O–H groups in total. The Morgan fingerprint density at radius 1 is 0.947 bits per heavy atom. The zero-order valence-electron chi connectivity index (χ0n) is 11.9. The van der Waals surface area contributed by atoms with Crippen LogP contribution in [0.25, 0.3) is 0 Å². The maximum Gasteiger partial charge on any atom is 0.139 e. The maximum absolute atomic E-state index is 12.7. The Hall–Kier alpha value is -0.370. The Bertz CT molecular complexity index is 354. The van der Waals surface area contributed by atoms with Gasteiger partial charge in [-0.1, -0.05) is 19.3 Å². The van der Waals surface area contributed by atoms with Crippen molar-refractivity contribution in [2.75, 3.05) is 6.61 Å². The number of carbonyl (C=O) groups excluding carboxylic acids is 1. The molecule has 19 heavy (non-hydrogen) atoms. The van der Waals surface area contributed by atoms with E-state index in [1.54, 1.807) is 0 Å². The summed E-state index contributed by atoms with van der Waals surface area (Å²) in [5.74, 6) is 3.22. The van der Waals surface area contributed by atoms with Crippen LogP contribution in [0.2, 0.25) is 0 Å². The first kappa shape index (κ1) is 12.4. The smallest absolute Gasteiger partial charge is 0.139 e. The molecule has 0 aromatic rings. The van der Waals surface area contributed by atoms with Crippen LogP contribution in [-0.4, -0.2) is 18.0 Å². The van der Waals surface area contributed by atoms with Crippen molar-refractivity contribution in [2.24, 2.45) is 23.7 Å². The highest BCUT2D eigenvalue weighted by atomic mass is 16.5. The van der Waals surface area contributed by atoms with Crippen molar-refractivity contribution in [3.05, 3.63) is 0 Å². The van der Waals surface area contributed by atoms with Crippen molar-refractivity contribution in [3.8, 4) is 0 Å². The molecule has 2 nitrogen and oxygen atoms in total. The molecule has 1 heterocycles. The standard InChI is InChI=1S/C17H26O2/c18-16(15-9-13-8-14(13)10-15)12-4-7-19-17(11-12)5-2-1-3-6-17/h12-15H,1-11H2. The number of ether oxygens (including phenoxy) is 1. The number of rotatable bonds is 2. The van der Waals surface area contributed by atoms with E-state index in [-0.39, 0.29) is 5.60 Å². The highest BCUT2D eigenvalue weighted by Gasteiger charge is 2.50. The molecular formula is C17H26O2. The van der Waals surface area contributed by atoms with Crippen LogP contribution in [0.4, 0.5) is 0 Å². The molecule has 1 aliphatic heterocycles. The molecule has 1 saturated heterocycles. The third kappa shape index (κ3) is 2.26. The third-order valence-electron chi connectivity index (χ3n) is 6.31. The molecule has 0 aromatic carbocycles. The van der Waals surface area contributed by atoms with E-state index in [4.69, 9.17) is 4.74 Å². The predicted octanol–water partition coefficient (Wildman–Crippen LogP) is 3.73. The first-order valence-corrected chi connectivity index (χ1v) is 8.43. The molecule has 0 bridgehead atoms. The number of fused-ring (bicyclic) bond motifs is 1. The van der Waals surface area contributed by atoms with Crippen molar-refractivity contribution in [3.63, 3.8) is 0 Å². The Labute approximate surface area is 116 Å². The first-order chi connectivity index (χ1) is 9.26. The van der Waals surface area contributed by atoms with Gasteiger partial charge in [0.2, 0.25) is 0 Å². The summed E-state index contributed by atoms with van der Waals surface area (Å²) in [6.07, 6.45) is 12.2. The minimum atomic E-state index is 0.0956. The fourth-order valence-electron chi connectivity index (χ4n) is 5.10.